The van der Waals surface area contributed by atoms with Gasteiger partial charge < -0.3 is 5.32 Å². The lowest BCUT2D eigenvalue weighted by atomic mass is 10.0. The third-order valence-corrected chi connectivity index (χ3v) is 4.19. The maximum Gasteiger partial charge on any atom is 0.274 e. The molecule has 0 radical (unpaired) electrons. The van der Waals surface area contributed by atoms with Crippen molar-refractivity contribution in [1.82, 2.24) is 0 Å². The van der Waals surface area contributed by atoms with Crippen LogP contribution in [0.4, 0.5) is 11.4 Å². The zero-order valence-corrected chi connectivity index (χ0v) is 13.5. The van der Waals surface area contributed by atoms with Crippen LogP contribution in [-0.4, -0.2) is 10.8 Å². The number of nitro groups is 1. The minimum absolute atomic E-state index is 0.0336. The van der Waals surface area contributed by atoms with Crippen LogP contribution in [-0.2, 0) is 0 Å². The van der Waals surface area contributed by atoms with Gasteiger partial charge in [0.05, 0.1) is 16.2 Å². The summed E-state index contributed by atoms with van der Waals surface area (Å²) in [6.07, 6.45) is 0. The molecule has 0 atom stereocenters. The van der Waals surface area contributed by atoms with Gasteiger partial charge >= 0.3 is 0 Å². The molecular weight excluding hydrogens is 328 g/mol. The predicted molar refractivity (Wildman–Crippen MR) is 94.7 cm³/mol. The predicted octanol–water partition coefficient (Wildman–Crippen LogP) is 4.96. The first-order valence-corrected chi connectivity index (χ1v) is 7.59. The summed E-state index contributed by atoms with van der Waals surface area (Å²) in [6.45, 7) is 1.60. The lowest BCUT2D eigenvalue weighted by Gasteiger charge is -2.11. The van der Waals surface area contributed by atoms with Crippen LogP contribution in [0.25, 0.3) is 10.8 Å². The Hall–Kier alpha value is -2.92. The highest BCUT2D eigenvalue weighted by Gasteiger charge is 2.17. The fraction of sp³-hybridized carbons (Fsp3) is 0.0556. The summed E-state index contributed by atoms with van der Waals surface area (Å²) in [5, 5.41) is 15.8. The minimum atomic E-state index is -0.470. The van der Waals surface area contributed by atoms with E-state index in [4.69, 9.17) is 11.6 Å². The molecule has 0 aromatic heterocycles. The molecule has 0 aliphatic heterocycles. The largest absolute Gasteiger partial charge is 0.321 e. The van der Waals surface area contributed by atoms with Crippen LogP contribution in [0.15, 0.2) is 54.6 Å². The van der Waals surface area contributed by atoms with Crippen molar-refractivity contribution in [2.45, 2.75) is 6.92 Å². The van der Waals surface area contributed by atoms with Crippen molar-refractivity contribution in [1.29, 1.82) is 0 Å². The fourth-order valence-corrected chi connectivity index (χ4v) is 2.85. The number of halogens is 1. The smallest absolute Gasteiger partial charge is 0.274 e. The lowest BCUT2D eigenvalue weighted by molar-refractivity contribution is -0.385. The van der Waals surface area contributed by atoms with Gasteiger partial charge in [0.2, 0.25) is 0 Å². The maximum atomic E-state index is 12.6. The molecule has 120 valence electrons. The summed E-state index contributed by atoms with van der Waals surface area (Å²) < 4.78 is 0. The van der Waals surface area contributed by atoms with E-state index in [1.807, 2.05) is 12.1 Å². The van der Waals surface area contributed by atoms with Gasteiger partial charge in [-0.15, -0.1) is 0 Å². The summed E-state index contributed by atoms with van der Waals surface area (Å²) in [5.41, 5.74) is 1.25. The highest BCUT2D eigenvalue weighted by molar-refractivity contribution is 6.36. The van der Waals surface area contributed by atoms with E-state index in [0.717, 1.165) is 10.8 Å². The molecule has 6 heteroatoms. The summed E-state index contributed by atoms with van der Waals surface area (Å²) >= 11 is 6.17. The average molecular weight is 341 g/mol. The van der Waals surface area contributed by atoms with Crippen molar-refractivity contribution < 1.29 is 9.72 Å². The molecule has 5 nitrogen and oxygen atoms in total. The van der Waals surface area contributed by atoms with Gasteiger partial charge in [-0.25, -0.2) is 0 Å². The highest BCUT2D eigenvalue weighted by Crippen LogP contribution is 2.28. The van der Waals surface area contributed by atoms with Crippen LogP contribution in [0, 0.1) is 17.0 Å². The lowest BCUT2D eigenvalue weighted by Crippen LogP contribution is -2.13. The van der Waals surface area contributed by atoms with Crippen LogP contribution < -0.4 is 5.32 Å². The number of amides is 1. The number of carbonyl (C=O) groups is 1. The maximum absolute atomic E-state index is 12.6. The Labute approximate surface area is 143 Å². The van der Waals surface area contributed by atoms with Gasteiger partial charge in [0.25, 0.3) is 11.6 Å². The monoisotopic (exact) mass is 340 g/mol. The van der Waals surface area contributed by atoms with Gasteiger partial charge in [-0.1, -0.05) is 41.9 Å². The van der Waals surface area contributed by atoms with Crippen LogP contribution in [0.5, 0.6) is 0 Å². The number of hydrogen-bond acceptors (Lipinski definition) is 3. The van der Waals surface area contributed by atoms with E-state index in [1.165, 1.54) is 6.07 Å². The molecule has 3 aromatic rings. The van der Waals surface area contributed by atoms with Crippen molar-refractivity contribution in [3.63, 3.8) is 0 Å². The Bertz CT molecular complexity index is 970. The van der Waals surface area contributed by atoms with Crippen molar-refractivity contribution in [2.24, 2.45) is 0 Å². The molecule has 1 N–H and O–H groups in total. The van der Waals surface area contributed by atoms with E-state index < -0.39 is 4.92 Å². The number of nitro benzene ring substituents is 1. The second kappa shape index (κ2) is 6.29. The molecule has 0 bridgehead atoms. The SMILES string of the molecule is Cc1c(NC(=O)c2cccc3c(Cl)cccc23)cccc1[N+](=O)[O-]. The van der Waals surface area contributed by atoms with E-state index in [0.29, 0.717) is 21.8 Å². The summed E-state index contributed by atoms with van der Waals surface area (Å²) in [7, 11) is 0. The topological polar surface area (TPSA) is 72.2 Å². The number of hydrogen-bond donors (Lipinski definition) is 1. The van der Waals surface area contributed by atoms with E-state index in [-0.39, 0.29) is 11.6 Å². The van der Waals surface area contributed by atoms with Crippen molar-refractivity contribution in [3.8, 4) is 0 Å². The van der Waals surface area contributed by atoms with E-state index in [1.54, 1.807) is 43.3 Å². The molecule has 0 aliphatic carbocycles. The van der Waals surface area contributed by atoms with Crippen molar-refractivity contribution >= 4 is 39.7 Å². The normalized spacial score (nSPS) is 10.6. The fourth-order valence-electron chi connectivity index (χ4n) is 2.62. The van der Waals surface area contributed by atoms with E-state index in [9.17, 15) is 14.9 Å². The number of rotatable bonds is 3. The molecule has 24 heavy (non-hydrogen) atoms. The average Bonchev–Trinajstić information content (AvgIpc) is 2.56. The van der Waals surface area contributed by atoms with E-state index in [2.05, 4.69) is 5.32 Å². The Kier molecular flexibility index (Phi) is 4.18. The van der Waals surface area contributed by atoms with Crippen LogP contribution in [0.1, 0.15) is 15.9 Å². The van der Waals surface area contributed by atoms with Crippen LogP contribution in [0.3, 0.4) is 0 Å². The number of anilines is 1. The number of nitrogens with one attached hydrogen (secondary N) is 1. The summed E-state index contributed by atoms with van der Waals surface area (Å²) in [6, 6.07) is 15.2. The van der Waals surface area contributed by atoms with Gasteiger partial charge in [0.1, 0.15) is 0 Å². The van der Waals surface area contributed by atoms with Crippen LogP contribution in [0.2, 0.25) is 5.02 Å². The minimum Gasteiger partial charge on any atom is -0.321 e. The Morgan fingerprint density at radius 2 is 1.71 bits per heavy atom. The molecule has 0 fully saturated rings. The molecule has 0 heterocycles. The summed E-state index contributed by atoms with van der Waals surface area (Å²) in [5.74, 6) is -0.341. The summed E-state index contributed by atoms with van der Waals surface area (Å²) in [4.78, 5) is 23.2. The van der Waals surface area contributed by atoms with Gasteiger partial charge in [0.15, 0.2) is 0 Å². The van der Waals surface area contributed by atoms with Gasteiger partial charge in [-0.05, 0) is 30.5 Å². The Morgan fingerprint density at radius 1 is 1.04 bits per heavy atom. The third kappa shape index (κ3) is 2.81. The first-order valence-electron chi connectivity index (χ1n) is 7.21. The zero-order valence-electron chi connectivity index (χ0n) is 12.7. The van der Waals surface area contributed by atoms with Crippen molar-refractivity contribution in [3.05, 3.63) is 80.9 Å². The van der Waals surface area contributed by atoms with Gasteiger partial charge in [-0.2, -0.15) is 0 Å². The standard InChI is InChI=1S/C18H13ClN2O3/c1-11-16(9-4-10-17(11)21(23)24)20-18(22)14-7-2-6-13-12(14)5-3-8-15(13)19/h2-10H,1H3,(H,20,22). The molecule has 0 spiro atoms. The second-order valence-electron chi connectivity index (χ2n) is 5.30. The van der Waals surface area contributed by atoms with Gasteiger partial charge in [0, 0.05) is 22.0 Å². The third-order valence-electron chi connectivity index (χ3n) is 3.86. The zero-order chi connectivity index (χ0) is 17.3. The molecule has 3 rings (SSSR count). The highest BCUT2D eigenvalue weighted by atomic mass is 35.5. The molecule has 1 amide bonds. The number of carbonyl (C=O) groups excluding carboxylic acids is 1. The van der Waals surface area contributed by atoms with Crippen molar-refractivity contribution in [2.75, 3.05) is 5.32 Å². The molecule has 0 saturated heterocycles. The number of nitrogens with zero attached hydrogens (tertiary/aromatic N) is 1. The first kappa shape index (κ1) is 16.0. The number of benzene rings is 3. The van der Waals surface area contributed by atoms with Crippen LogP contribution >= 0.6 is 11.6 Å². The molecular formula is C18H13ClN2O3. The molecule has 0 unspecified atom stereocenters. The Balaban J connectivity index is 2.02. The molecule has 3 aromatic carbocycles. The van der Waals surface area contributed by atoms with Gasteiger partial charge in [-0.3, -0.25) is 14.9 Å². The number of fused-ring (bicyclic) bond motifs is 1. The quantitative estimate of drug-likeness (QED) is 0.541. The molecule has 0 saturated carbocycles. The second-order valence-corrected chi connectivity index (χ2v) is 5.71. The Morgan fingerprint density at radius 3 is 2.46 bits per heavy atom. The molecule has 0 aliphatic rings. The van der Waals surface area contributed by atoms with E-state index >= 15 is 0 Å². The first-order chi connectivity index (χ1) is 11.5.